The first-order chi connectivity index (χ1) is 10.6. The first kappa shape index (κ1) is 16.1. The number of nitrogens with zero attached hydrogens (tertiary/aromatic N) is 1. The molecule has 0 atom stereocenters. The highest BCUT2D eigenvalue weighted by Gasteiger charge is 2.08. The summed E-state index contributed by atoms with van der Waals surface area (Å²) < 4.78 is 5.24. The predicted molar refractivity (Wildman–Crippen MR) is 92.6 cm³/mol. The number of hydrogen-bond donors (Lipinski definition) is 1. The van der Waals surface area contributed by atoms with Crippen LogP contribution in [0.1, 0.15) is 16.9 Å². The van der Waals surface area contributed by atoms with Gasteiger partial charge in [0.05, 0.1) is 18.0 Å². The van der Waals surface area contributed by atoms with Crippen LogP contribution in [0, 0.1) is 19.3 Å². The Hall–Kier alpha value is -2.29. The molecule has 0 saturated carbocycles. The summed E-state index contributed by atoms with van der Waals surface area (Å²) in [7, 11) is 0. The molecule has 2 aromatic rings. The second-order valence-electron chi connectivity index (χ2n) is 4.29. The Kier molecular flexibility index (Phi) is 5.59. The van der Waals surface area contributed by atoms with Crippen LogP contribution in [0.2, 0.25) is 5.02 Å². The van der Waals surface area contributed by atoms with Gasteiger partial charge >= 0.3 is 0 Å². The summed E-state index contributed by atoms with van der Waals surface area (Å²) in [5, 5.41) is 7.43. The Morgan fingerprint density at radius 3 is 3.05 bits per heavy atom. The number of aryl methyl sites for hydroxylation is 1. The Morgan fingerprint density at radius 1 is 1.55 bits per heavy atom. The van der Waals surface area contributed by atoms with Gasteiger partial charge in [-0.15, -0.1) is 6.42 Å². The maximum Gasteiger partial charge on any atom is 0.177 e. The van der Waals surface area contributed by atoms with E-state index in [4.69, 9.17) is 39.5 Å². The first-order valence-electron chi connectivity index (χ1n) is 6.35. The van der Waals surface area contributed by atoms with E-state index in [9.17, 15) is 0 Å². The van der Waals surface area contributed by atoms with E-state index in [1.54, 1.807) is 12.3 Å². The molecule has 1 heterocycles. The Morgan fingerprint density at radius 2 is 2.36 bits per heavy atom. The standard InChI is InChI=1S/C16H13ClN2O2S/c1-3-7-21-18-10-12-9-13(4-5-15(12)17)19-16(22)14-6-8-20-11(14)2/h1,4-6,8-10H,7H2,2H3,(H,19,22)/b18-10+. The van der Waals surface area contributed by atoms with E-state index in [1.165, 1.54) is 6.21 Å². The summed E-state index contributed by atoms with van der Waals surface area (Å²) in [6.45, 7) is 1.96. The van der Waals surface area contributed by atoms with Crippen LogP contribution in [-0.2, 0) is 4.84 Å². The average molecular weight is 333 g/mol. The van der Waals surface area contributed by atoms with Crippen molar-refractivity contribution in [2.45, 2.75) is 6.92 Å². The summed E-state index contributed by atoms with van der Waals surface area (Å²) in [6, 6.07) is 7.20. The minimum Gasteiger partial charge on any atom is -0.469 e. The topological polar surface area (TPSA) is 46.8 Å². The summed E-state index contributed by atoms with van der Waals surface area (Å²) in [5.74, 6) is 3.08. The average Bonchev–Trinajstić information content (AvgIpc) is 2.93. The van der Waals surface area contributed by atoms with E-state index in [0.717, 1.165) is 17.0 Å². The Balaban J connectivity index is 2.12. The molecule has 1 aromatic carbocycles. The largest absolute Gasteiger partial charge is 0.469 e. The molecular weight excluding hydrogens is 320 g/mol. The van der Waals surface area contributed by atoms with Crippen molar-refractivity contribution in [1.29, 1.82) is 0 Å². The summed E-state index contributed by atoms with van der Waals surface area (Å²) in [5.41, 5.74) is 2.32. The summed E-state index contributed by atoms with van der Waals surface area (Å²) in [4.78, 5) is 5.42. The third kappa shape index (κ3) is 4.10. The van der Waals surface area contributed by atoms with Crippen molar-refractivity contribution in [3.8, 4) is 12.3 Å². The zero-order valence-corrected chi connectivity index (χ0v) is 13.4. The quantitative estimate of drug-likeness (QED) is 0.295. The van der Waals surface area contributed by atoms with Crippen LogP contribution in [0.15, 0.2) is 40.1 Å². The molecule has 0 aliphatic heterocycles. The molecule has 0 radical (unpaired) electrons. The number of hydrogen-bond acceptors (Lipinski definition) is 4. The van der Waals surface area contributed by atoms with Crippen LogP contribution in [0.3, 0.4) is 0 Å². The number of nitrogens with one attached hydrogen (secondary N) is 1. The molecule has 22 heavy (non-hydrogen) atoms. The van der Waals surface area contributed by atoms with E-state index >= 15 is 0 Å². The van der Waals surface area contributed by atoms with Gasteiger partial charge in [0.15, 0.2) is 6.61 Å². The molecule has 0 amide bonds. The molecule has 1 aromatic heterocycles. The highest BCUT2D eigenvalue weighted by atomic mass is 35.5. The normalized spacial score (nSPS) is 10.4. The molecule has 2 rings (SSSR count). The lowest BCUT2D eigenvalue weighted by Gasteiger charge is -2.08. The van der Waals surface area contributed by atoms with Gasteiger partial charge in [0, 0.05) is 16.3 Å². The third-order valence-electron chi connectivity index (χ3n) is 2.77. The van der Waals surface area contributed by atoms with Gasteiger partial charge in [-0.2, -0.15) is 0 Å². The van der Waals surface area contributed by atoms with Crippen LogP contribution >= 0.6 is 23.8 Å². The van der Waals surface area contributed by atoms with Crippen LogP contribution in [0.5, 0.6) is 0 Å². The lowest BCUT2D eigenvalue weighted by molar-refractivity contribution is 0.181. The predicted octanol–water partition coefficient (Wildman–Crippen LogP) is 4.01. The highest BCUT2D eigenvalue weighted by Crippen LogP contribution is 2.20. The van der Waals surface area contributed by atoms with Gasteiger partial charge in [-0.3, -0.25) is 0 Å². The number of benzene rings is 1. The second-order valence-corrected chi connectivity index (χ2v) is 5.11. The maximum absolute atomic E-state index is 6.11. The zero-order valence-electron chi connectivity index (χ0n) is 11.8. The van der Waals surface area contributed by atoms with Crippen molar-refractivity contribution in [3.05, 3.63) is 52.4 Å². The fourth-order valence-electron chi connectivity index (χ4n) is 1.71. The number of furan rings is 1. The fraction of sp³-hybridized carbons (Fsp3) is 0.125. The number of anilines is 1. The molecule has 1 N–H and O–H groups in total. The Bertz CT molecular complexity index is 747. The molecule has 6 heteroatoms. The number of oxime groups is 1. The van der Waals surface area contributed by atoms with Gasteiger partial charge in [-0.25, -0.2) is 0 Å². The third-order valence-corrected chi connectivity index (χ3v) is 3.44. The van der Waals surface area contributed by atoms with Gasteiger partial charge in [0.1, 0.15) is 10.7 Å². The molecule has 112 valence electrons. The van der Waals surface area contributed by atoms with E-state index < -0.39 is 0 Å². The zero-order chi connectivity index (χ0) is 15.9. The SMILES string of the molecule is C#CCO/N=C/c1cc(NC(=S)c2ccoc2C)ccc1Cl. The van der Waals surface area contributed by atoms with Gasteiger partial charge in [-0.05, 0) is 31.2 Å². The molecule has 0 unspecified atom stereocenters. The van der Waals surface area contributed by atoms with E-state index in [2.05, 4.69) is 16.4 Å². The fourth-order valence-corrected chi connectivity index (χ4v) is 2.20. The van der Waals surface area contributed by atoms with Crippen molar-refractivity contribution in [2.75, 3.05) is 11.9 Å². The smallest absolute Gasteiger partial charge is 0.177 e. The minimum absolute atomic E-state index is 0.107. The van der Waals surface area contributed by atoms with Crippen molar-refractivity contribution in [2.24, 2.45) is 5.16 Å². The van der Waals surface area contributed by atoms with E-state index in [-0.39, 0.29) is 6.61 Å². The van der Waals surface area contributed by atoms with E-state index in [0.29, 0.717) is 15.6 Å². The molecule has 0 fully saturated rings. The molecule has 4 nitrogen and oxygen atoms in total. The van der Waals surface area contributed by atoms with Gasteiger partial charge in [0.25, 0.3) is 0 Å². The van der Waals surface area contributed by atoms with Crippen LogP contribution in [0.25, 0.3) is 0 Å². The van der Waals surface area contributed by atoms with Crippen LogP contribution in [-0.4, -0.2) is 17.8 Å². The summed E-state index contributed by atoms with van der Waals surface area (Å²) >= 11 is 11.5. The molecule has 0 aliphatic carbocycles. The van der Waals surface area contributed by atoms with Gasteiger partial charge < -0.3 is 14.6 Å². The summed E-state index contributed by atoms with van der Waals surface area (Å²) in [6.07, 6.45) is 8.16. The van der Waals surface area contributed by atoms with Crippen molar-refractivity contribution in [1.82, 2.24) is 0 Å². The first-order valence-corrected chi connectivity index (χ1v) is 7.14. The van der Waals surface area contributed by atoms with Gasteiger partial charge in [-0.1, -0.05) is 34.9 Å². The Labute approximate surface area is 139 Å². The minimum atomic E-state index is 0.107. The number of halogens is 1. The van der Waals surface area contributed by atoms with E-state index in [1.807, 2.05) is 25.1 Å². The molecule has 0 aliphatic rings. The lowest BCUT2D eigenvalue weighted by atomic mass is 10.2. The van der Waals surface area contributed by atoms with Gasteiger partial charge in [0.2, 0.25) is 0 Å². The number of terminal acetylenes is 1. The number of thiocarbonyl (C=S) groups is 1. The molecule has 0 bridgehead atoms. The number of rotatable bonds is 5. The molecular formula is C16H13ClN2O2S. The molecule has 0 saturated heterocycles. The van der Waals surface area contributed by atoms with Crippen LogP contribution in [0.4, 0.5) is 5.69 Å². The monoisotopic (exact) mass is 332 g/mol. The highest BCUT2D eigenvalue weighted by molar-refractivity contribution is 7.81. The van der Waals surface area contributed by atoms with Crippen molar-refractivity contribution in [3.63, 3.8) is 0 Å². The van der Waals surface area contributed by atoms with Crippen molar-refractivity contribution >= 4 is 40.7 Å². The van der Waals surface area contributed by atoms with Crippen molar-refractivity contribution < 1.29 is 9.25 Å². The maximum atomic E-state index is 6.11. The second kappa shape index (κ2) is 7.64. The molecule has 0 spiro atoms. The lowest BCUT2D eigenvalue weighted by Crippen LogP contribution is -2.10. The van der Waals surface area contributed by atoms with Crippen LogP contribution < -0.4 is 5.32 Å².